The lowest BCUT2D eigenvalue weighted by molar-refractivity contribution is 0.476. The molecule has 0 atom stereocenters. The van der Waals surface area contributed by atoms with Crippen molar-refractivity contribution in [3.8, 4) is 5.75 Å². The lowest BCUT2D eigenvalue weighted by Crippen LogP contribution is -2.11. The molecule has 3 nitrogen and oxygen atoms in total. The number of benzene rings is 2. The summed E-state index contributed by atoms with van der Waals surface area (Å²) >= 11 is 0. The molecule has 0 N–H and O–H groups in total. The second kappa shape index (κ2) is 5.01. The van der Waals surface area contributed by atoms with Crippen molar-refractivity contribution in [2.24, 2.45) is 0 Å². The van der Waals surface area contributed by atoms with Crippen molar-refractivity contribution in [2.45, 2.75) is 18.7 Å². The van der Waals surface area contributed by atoms with E-state index in [1.807, 2.05) is 6.92 Å². The SMILES string of the molecule is Cc1ccc(OS(=O)(=O)c2cc(C)ccc2F)cc1. The summed E-state index contributed by atoms with van der Waals surface area (Å²) in [6.45, 7) is 3.56. The molecule has 0 fully saturated rings. The minimum absolute atomic E-state index is 0.159. The van der Waals surface area contributed by atoms with Gasteiger partial charge in [-0.05, 0) is 43.7 Å². The maximum Gasteiger partial charge on any atom is 0.342 e. The molecule has 0 saturated carbocycles. The Balaban J connectivity index is 2.37. The van der Waals surface area contributed by atoms with E-state index in [2.05, 4.69) is 0 Å². The first kappa shape index (κ1) is 13.5. The normalized spacial score (nSPS) is 11.3. The van der Waals surface area contributed by atoms with E-state index in [4.69, 9.17) is 4.18 Å². The van der Waals surface area contributed by atoms with Crippen LogP contribution in [0.5, 0.6) is 5.75 Å². The summed E-state index contributed by atoms with van der Waals surface area (Å²) in [5, 5.41) is 0. The molecule has 0 heterocycles. The van der Waals surface area contributed by atoms with E-state index in [1.165, 1.54) is 24.3 Å². The van der Waals surface area contributed by atoms with E-state index in [1.54, 1.807) is 19.1 Å². The van der Waals surface area contributed by atoms with Crippen LogP contribution in [-0.4, -0.2) is 8.42 Å². The molecule has 0 aliphatic heterocycles. The van der Waals surface area contributed by atoms with E-state index in [0.717, 1.165) is 11.6 Å². The van der Waals surface area contributed by atoms with Gasteiger partial charge in [0.15, 0.2) is 0 Å². The van der Waals surface area contributed by atoms with Crippen LogP contribution < -0.4 is 4.18 Å². The Morgan fingerprint density at radius 2 is 1.53 bits per heavy atom. The summed E-state index contributed by atoms with van der Waals surface area (Å²) in [5.41, 5.74) is 1.62. The summed E-state index contributed by atoms with van der Waals surface area (Å²) in [6.07, 6.45) is 0. The van der Waals surface area contributed by atoms with Crippen LogP contribution in [0.3, 0.4) is 0 Å². The van der Waals surface area contributed by atoms with Gasteiger partial charge in [0, 0.05) is 0 Å². The summed E-state index contributed by atoms with van der Waals surface area (Å²) in [6, 6.07) is 10.4. The second-order valence-corrected chi connectivity index (χ2v) is 5.80. The standard InChI is InChI=1S/C14H13FO3S/c1-10-3-6-12(7-4-10)18-19(16,17)14-9-11(2)5-8-13(14)15/h3-9H,1-2H3. The lowest BCUT2D eigenvalue weighted by atomic mass is 10.2. The Bertz CT molecular complexity index is 691. The molecule has 0 amide bonds. The third-order valence-electron chi connectivity index (χ3n) is 2.58. The molecule has 0 spiro atoms. The number of hydrogen-bond acceptors (Lipinski definition) is 3. The second-order valence-electron chi connectivity index (χ2n) is 4.28. The summed E-state index contributed by atoms with van der Waals surface area (Å²) in [5.74, 6) is -0.663. The first-order valence-electron chi connectivity index (χ1n) is 5.66. The molecule has 5 heteroatoms. The fourth-order valence-corrected chi connectivity index (χ4v) is 2.66. The maximum atomic E-state index is 13.6. The van der Waals surface area contributed by atoms with E-state index < -0.39 is 20.8 Å². The zero-order valence-corrected chi connectivity index (χ0v) is 11.4. The summed E-state index contributed by atoms with van der Waals surface area (Å²) in [7, 11) is -4.15. The molecular formula is C14H13FO3S. The van der Waals surface area contributed by atoms with Crippen LogP contribution in [0, 0.1) is 19.7 Å². The van der Waals surface area contributed by atoms with Crippen LogP contribution in [0.2, 0.25) is 0 Å². The van der Waals surface area contributed by atoms with Gasteiger partial charge in [0.25, 0.3) is 0 Å². The predicted molar refractivity (Wildman–Crippen MR) is 70.1 cm³/mol. The smallest absolute Gasteiger partial charge is 0.342 e. The quantitative estimate of drug-likeness (QED) is 0.811. The van der Waals surface area contributed by atoms with Gasteiger partial charge in [-0.1, -0.05) is 23.8 Å². The Morgan fingerprint density at radius 3 is 2.16 bits per heavy atom. The van der Waals surface area contributed by atoms with Gasteiger partial charge in [0.05, 0.1) is 0 Å². The van der Waals surface area contributed by atoms with Crippen molar-refractivity contribution in [1.29, 1.82) is 0 Å². The van der Waals surface area contributed by atoms with Gasteiger partial charge in [0.1, 0.15) is 16.5 Å². The van der Waals surface area contributed by atoms with Gasteiger partial charge in [-0.2, -0.15) is 8.42 Å². The Hall–Kier alpha value is -1.88. The molecule has 2 aromatic carbocycles. The van der Waals surface area contributed by atoms with Gasteiger partial charge in [-0.15, -0.1) is 0 Å². The maximum absolute atomic E-state index is 13.6. The average Bonchev–Trinajstić information content (AvgIpc) is 2.35. The zero-order chi connectivity index (χ0) is 14.0. The molecule has 0 bridgehead atoms. The monoisotopic (exact) mass is 280 g/mol. The van der Waals surface area contributed by atoms with Crippen LogP contribution in [0.4, 0.5) is 4.39 Å². The fraction of sp³-hybridized carbons (Fsp3) is 0.143. The Morgan fingerprint density at radius 1 is 0.947 bits per heavy atom. The van der Waals surface area contributed by atoms with Crippen molar-refractivity contribution in [1.82, 2.24) is 0 Å². The van der Waals surface area contributed by atoms with E-state index in [-0.39, 0.29) is 5.75 Å². The summed E-state index contributed by atoms with van der Waals surface area (Å²) < 4.78 is 42.5. The Labute approximate surface area is 111 Å². The van der Waals surface area contributed by atoms with E-state index in [9.17, 15) is 12.8 Å². The third kappa shape index (κ3) is 3.12. The Kier molecular flexibility index (Phi) is 3.57. The van der Waals surface area contributed by atoms with E-state index in [0.29, 0.717) is 5.56 Å². The van der Waals surface area contributed by atoms with Gasteiger partial charge < -0.3 is 4.18 Å². The highest BCUT2D eigenvalue weighted by molar-refractivity contribution is 7.87. The molecule has 0 aromatic heterocycles. The molecule has 2 rings (SSSR count). The molecule has 0 aliphatic rings. The minimum Gasteiger partial charge on any atom is -0.379 e. The van der Waals surface area contributed by atoms with Gasteiger partial charge in [-0.3, -0.25) is 0 Å². The minimum atomic E-state index is -4.15. The van der Waals surface area contributed by atoms with Crippen molar-refractivity contribution in [3.05, 3.63) is 59.4 Å². The van der Waals surface area contributed by atoms with Crippen molar-refractivity contribution in [3.63, 3.8) is 0 Å². The van der Waals surface area contributed by atoms with Crippen LogP contribution >= 0.6 is 0 Å². The molecule has 100 valence electrons. The fourth-order valence-electron chi connectivity index (χ4n) is 1.57. The largest absolute Gasteiger partial charge is 0.379 e. The molecule has 0 aliphatic carbocycles. The van der Waals surface area contributed by atoms with Crippen LogP contribution in [0.15, 0.2) is 47.4 Å². The van der Waals surface area contributed by atoms with Crippen molar-refractivity contribution >= 4 is 10.1 Å². The number of hydrogen-bond donors (Lipinski definition) is 0. The lowest BCUT2D eigenvalue weighted by Gasteiger charge is -2.08. The van der Waals surface area contributed by atoms with E-state index >= 15 is 0 Å². The van der Waals surface area contributed by atoms with Gasteiger partial charge in [0.2, 0.25) is 0 Å². The first-order chi connectivity index (χ1) is 8.88. The van der Waals surface area contributed by atoms with Crippen LogP contribution in [0.25, 0.3) is 0 Å². The average molecular weight is 280 g/mol. The molecule has 19 heavy (non-hydrogen) atoms. The molecular weight excluding hydrogens is 267 g/mol. The molecule has 0 unspecified atom stereocenters. The highest BCUT2D eigenvalue weighted by Gasteiger charge is 2.21. The highest BCUT2D eigenvalue weighted by atomic mass is 32.2. The highest BCUT2D eigenvalue weighted by Crippen LogP contribution is 2.22. The molecule has 2 aromatic rings. The molecule has 0 radical (unpaired) electrons. The van der Waals surface area contributed by atoms with Gasteiger partial charge >= 0.3 is 10.1 Å². The zero-order valence-electron chi connectivity index (χ0n) is 10.6. The van der Waals surface area contributed by atoms with Crippen molar-refractivity contribution in [2.75, 3.05) is 0 Å². The number of aryl methyl sites for hydroxylation is 2. The van der Waals surface area contributed by atoms with Crippen LogP contribution in [-0.2, 0) is 10.1 Å². The third-order valence-corrected chi connectivity index (χ3v) is 3.85. The predicted octanol–water partition coefficient (Wildman–Crippen LogP) is 3.21. The summed E-state index contributed by atoms with van der Waals surface area (Å²) in [4.78, 5) is -0.451. The topological polar surface area (TPSA) is 43.4 Å². The molecule has 0 saturated heterocycles. The first-order valence-corrected chi connectivity index (χ1v) is 7.06. The van der Waals surface area contributed by atoms with Crippen molar-refractivity contribution < 1.29 is 17.0 Å². The van der Waals surface area contributed by atoms with Crippen LogP contribution in [0.1, 0.15) is 11.1 Å². The number of rotatable bonds is 3. The number of halogens is 1. The van der Waals surface area contributed by atoms with Gasteiger partial charge in [-0.25, -0.2) is 4.39 Å².